The Morgan fingerprint density at radius 2 is 1.69 bits per heavy atom. The summed E-state index contributed by atoms with van der Waals surface area (Å²) in [5, 5.41) is 1.41. The maximum absolute atomic E-state index is 11.5. The second kappa shape index (κ2) is 3.38. The van der Waals surface area contributed by atoms with Gasteiger partial charge in [0.2, 0.25) is 0 Å². The van der Waals surface area contributed by atoms with Crippen LogP contribution < -0.4 is 5.63 Å². The van der Waals surface area contributed by atoms with E-state index in [4.69, 9.17) is 8.83 Å². The van der Waals surface area contributed by atoms with E-state index in [0.29, 0.717) is 11.1 Å². The summed E-state index contributed by atoms with van der Waals surface area (Å²) in [5.41, 5.74) is 0.464. The third-order valence-electron chi connectivity index (χ3n) is 2.51. The smallest absolute Gasteiger partial charge is 0.343 e. The summed E-state index contributed by atoms with van der Waals surface area (Å²) in [6, 6.07) is 11.0. The predicted molar refractivity (Wildman–Crippen MR) is 60.2 cm³/mol. The number of furan rings is 1. The molecule has 0 aliphatic rings. The van der Waals surface area contributed by atoms with Crippen LogP contribution in [0, 0.1) is 0 Å². The molecule has 16 heavy (non-hydrogen) atoms. The van der Waals surface area contributed by atoms with Crippen molar-refractivity contribution in [1.82, 2.24) is 0 Å². The van der Waals surface area contributed by atoms with Crippen molar-refractivity contribution < 1.29 is 8.83 Å². The van der Waals surface area contributed by atoms with Crippen molar-refractivity contribution in [3.63, 3.8) is 0 Å². The molecule has 0 atom stereocenters. The first-order valence-electron chi connectivity index (χ1n) is 4.91. The highest BCUT2D eigenvalue weighted by Crippen LogP contribution is 2.26. The maximum Gasteiger partial charge on any atom is 0.343 e. The van der Waals surface area contributed by atoms with Gasteiger partial charge in [0.15, 0.2) is 0 Å². The fourth-order valence-corrected chi connectivity index (χ4v) is 1.76. The highest BCUT2D eigenvalue weighted by Gasteiger charge is 2.09. The highest BCUT2D eigenvalue weighted by molar-refractivity contribution is 5.93. The number of fused-ring (bicyclic) bond motifs is 1. The van der Waals surface area contributed by atoms with E-state index in [-0.39, 0.29) is 5.63 Å². The van der Waals surface area contributed by atoms with Crippen LogP contribution >= 0.6 is 0 Å². The Bertz CT molecular complexity index is 678. The molecule has 3 aromatic rings. The molecule has 78 valence electrons. The molecule has 3 rings (SSSR count). The van der Waals surface area contributed by atoms with Gasteiger partial charge in [0.25, 0.3) is 0 Å². The molecule has 0 saturated heterocycles. The number of rotatable bonds is 1. The third-order valence-corrected chi connectivity index (χ3v) is 2.51. The van der Waals surface area contributed by atoms with Crippen LogP contribution in [0.2, 0.25) is 0 Å². The molecule has 0 saturated carbocycles. The Balaban J connectivity index is 2.43. The molecule has 1 aromatic carbocycles. The molecule has 0 fully saturated rings. The Hall–Kier alpha value is -2.29. The Kier molecular flexibility index (Phi) is 1.90. The summed E-state index contributed by atoms with van der Waals surface area (Å²) in [4.78, 5) is 11.5. The zero-order valence-corrected chi connectivity index (χ0v) is 8.34. The lowest BCUT2D eigenvalue weighted by Gasteiger charge is -2.01. The lowest BCUT2D eigenvalue weighted by Crippen LogP contribution is -1.98. The highest BCUT2D eigenvalue weighted by atomic mass is 16.4. The van der Waals surface area contributed by atoms with Crippen LogP contribution in [-0.2, 0) is 0 Å². The van der Waals surface area contributed by atoms with Crippen LogP contribution in [-0.4, -0.2) is 0 Å². The maximum atomic E-state index is 11.5. The zero-order valence-electron chi connectivity index (χ0n) is 8.34. The molecule has 0 N–H and O–H groups in total. The Labute approximate surface area is 90.9 Å². The lowest BCUT2D eigenvalue weighted by molar-refractivity contribution is 0.516. The standard InChI is InChI=1S/C13H8O3/c14-13-10-5-2-1-4-9(10)11(8-16-13)12-6-3-7-15-12/h1-8H. The van der Waals surface area contributed by atoms with E-state index in [0.717, 1.165) is 10.9 Å². The van der Waals surface area contributed by atoms with Crippen molar-refractivity contribution in [2.75, 3.05) is 0 Å². The van der Waals surface area contributed by atoms with Crippen molar-refractivity contribution in [2.24, 2.45) is 0 Å². The van der Waals surface area contributed by atoms with Gasteiger partial charge in [-0.05, 0) is 18.2 Å². The minimum absolute atomic E-state index is 0.328. The molecule has 0 aliphatic carbocycles. The van der Waals surface area contributed by atoms with Crippen LogP contribution in [0.25, 0.3) is 22.1 Å². The van der Waals surface area contributed by atoms with Crippen molar-refractivity contribution in [3.8, 4) is 11.3 Å². The summed E-state index contributed by atoms with van der Waals surface area (Å²) in [7, 11) is 0. The molecule has 0 spiro atoms. The minimum Gasteiger partial charge on any atom is -0.464 e. The molecule has 0 radical (unpaired) electrons. The van der Waals surface area contributed by atoms with E-state index in [2.05, 4.69) is 0 Å². The number of hydrogen-bond donors (Lipinski definition) is 0. The first kappa shape index (κ1) is 8.97. The van der Waals surface area contributed by atoms with E-state index in [9.17, 15) is 4.79 Å². The predicted octanol–water partition coefficient (Wildman–Crippen LogP) is 3.05. The van der Waals surface area contributed by atoms with Crippen LogP contribution in [0.15, 0.2) is 62.6 Å². The summed E-state index contributed by atoms with van der Waals surface area (Å²) in [6.45, 7) is 0. The Morgan fingerprint density at radius 1 is 0.875 bits per heavy atom. The molecule has 3 heteroatoms. The van der Waals surface area contributed by atoms with Gasteiger partial charge in [-0.15, -0.1) is 0 Å². The van der Waals surface area contributed by atoms with Crippen molar-refractivity contribution in [3.05, 3.63) is 59.3 Å². The second-order valence-electron chi connectivity index (χ2n) is 3.46. The lowest BCUT2D eigenvalue weighted by atomic mass is 10.1. The van der Waals surface area contributed by atoms with Gasteiger partial charge >= 0.3 is 5.63 Å². The van der Waals surface area contributed by atoms with Gasteiger partial charge in [-0.3, -0.25) is 0 Å². The molecule has 0 aliphatic heterocycles. The molecule has 2 aromatic heterocycles. The normalized spacial score (nSPS) is 10.8. The summed E-state index contributed by atoms with van der Waals surface area (Å²) in [6.07, 6.45) is 3.03. The van der Waals surface area contributed by atoms with E-state index >= 15 is 0 Å². The third kappa shape index (κ3) is 1.26. The molecule has 2 heterocycles. The number of hydrogen-bond acceptors (Lipinski definition) is 3. The molecule has 0 amide bonds. The average molecular weight is 212 g/mol. The molecular weight excluding hydrogens is 204 g/mol. The van der Waals surface area contributed by atoms with Crippen LogP contribution in [0.4, 0.5) is 0 Å². The topological polar surface area (TPSA) is 43.4 Å². The van der Waals surface area contributed by atoms with Crippen molar-refractivity contribution in [2.45, 2.75) is 0 Å². The molecular formula is C13H8O3. The molecule has 0 unspecified atom stereocenters. The van der Waals surface area contributed by atoms with E-state index < -0.39 is 0 Å². The molecule has 0 bridgehead atoms. The summed E-state index contributed by atoms with van der Waals surface area (Å²) < 4.78 is 10.3. The van der Waals surface area contributed by atoms with Gasteiger partial charge in [-0.1, -0.05) is 18.2 Å². The second-order valence-corrected chi connectivity index (χ2v) is 3.46. The van der Waals surface area contributed by atoms with Crippen LogP contribution in [0.3, 0.4) is 0 Å². The van der Waals surface area contributed by atoms with E-state index in [1.54, 1.807) is 18.4 Å². The van der Waals surface area contributed by atoms with Gasteiger partial charge in [0.1, 0.15) is 12.0 Å². The van der Waals surface area contributed by atoms with Crippen molar-refractivity contribution in [1.29, 1.82) is 0 Å². The van der Waals surface area contributed by atoms with Crippen LogP contribution in [0.1, 0.15) is 0 Å². The Morgan fingerprint density at radius 3 is 2.44 bits per heavy atom. The SMILES string of the molecule is O=c1occ(-c2ccco2)c2ccccc12. The largest absolute Gasteiger partial charge is 0.464 e. The fourth-order valence-electron chi connectivity index (χ4n) is 1.76. The van der Waals surface area contributed by atoms with Gasteiger partial charge in [0.05, 0.1) is 17.2 Å². The number of benzene rings is 1. The average Bonchev–Trinajstić information content (AvgIpc) is 2.83. The van der Waals surface area contributed by atoms with E-state index in [1.807, 2.05) is 24.3 Å². The van der Waals surface area contributed by atoms with Gasteiger partial charge in [-0.2, -0.15) is 0 Å². The monoisotopic (exact) mass is 212 g/mol. The first-order valence-corrected chi connectivity index (χ1v) is 4.91. The summed E-state index contributed by atoms with van der Waals surface area (Å²) in [5.74, 6) is 0.694. The van der Waals surface area contributed by atoms with Gasteiger partial charge in [0, 0.05) is 5.39 Å². The zero-order chi connectivity index (χ0) is 11.0. The van der Waals surface area contributed by atoms with E-state index in [1.165, 1.54) is 6.26 Å². The fraction of sp³-hybridized carbons (Fsp3) is 0. The first-order chi connectivity index (χ1) is 7.86. The van der Waals surface area contributed by atoms with Gasteiger partial charge < -0.3 is 8.83 Å². The molecule has 3 nitrogen and oxygen atoms in total. The van der Waals surface area contributed by atoms with Crippen molar-refractivity contribution >= 4 is 10.8 Å². The quantitative estimate of drug-likeness (QED) is 0.622. The summed E-state index contributed by atoms with van der Waals surface area (Å²) >= 11 is 0. The van der Waals surface area contributed by atoms with Crippen LogP contribution in [0.5, 0.6) is 0 Å². The minimum atomic E-state index is -0.328. The van der Waals surface area contributed by atoms with Gasteiger partial charge in [-0.25, -0.2) is 4.79 Å².